The van der Waals surface area contributed by atoms with Gasteiger partial charge in [0.25, 0.3) is 0 Å². The van der Waals surface area contributed by atoms with Crippen molar-refractivity contribution >= 4 is 16.9 Å². The smallest absolute Gasteiger partial charge is 0.169 e. The third-order valence-corrected chi connectivity index (χ3v) is 5.87. The van der Waals surface area contributed by atoms with E-state index in [2.05, 4.69) is 9.97 Å². The summed E-state index contributed by atoms with van der Waals surface area (Å²) in [6, 6.07) is 8.71. The van der Waals surface area contributed by atoms with Crippen molar-refractivity contribution in [1.82, 2.24) is 9.97 Å². The molecule has 0 fully saturated rings. The first kappa shape index (κ1) is 17.0. The van der Waals surface area contributed by atoms with Gasteiger partial charge in [-0.3, -0.25) is 9.97 Å². The summed E-state index contributed by atoms with van der Waals surface area (Å²) in [7, 11) is 1.50. The van der Waals surface area contributed by atoms with Crippen molar-refractivity contribution in [1.29, 1.82) is 0 Å². The van der Waals surface area contributed by atoms with Gasteiger partial charge in [-0.15, -0.1) is 0 Å². The number of aromatic nitrogens is 2. The zero-order chi connectivity index (χ0) is 19.3. The fourth-order valence-electron chi connectivity index (χ4n) is 3.61. The zero-order valence-electron chi connectivity index (χ0n) is 14.8. The predicted molar refractivity (Wildman–Crippen MR) is 105 cm³/mol. The number of halogens is 1. The van der Waals surface area contributed by atoms with Crippen LogP contribution >= 0.6 is 11.8 Å². The summed E-state index contributed by atoms with van der Waals surface area (Å²) in [5.74, 6) is 1.14. The van der Waals surface area contributed by atoms with Crippen LogP contribution in [0, 0.1) is 5.82 Å². The number of nitrogens with zero attached hydrogens (tertiary/aromatic N) is 3. The van der Waals surface area contributed by atoms with Crippen LogP contribution in [0.5, 0.6) is 17.2 Å². The Balaban J connectivity index is 1.77. The molecule has 2 aromatic carbocycles. The maximum atomic E-state index is 14.8. The Labute approximate surface area is 164 Å². The molecule has 0 unspecified atom stereocenters. The highest BCUT2D eigenvalue weighted by atomic mass is 32.2. The van der Waals surface area contributed by atoms with Crippen LogP contribution in [0.25, 0.3) is 11.3 Å². The van der Waals surface area contributed by atoms with Gasteiger partial charge in [0.1, 0.15) is 17.0 Å². The van der Waals surface area contributed by atoms with Gasteiger partial charge in [0.2, 0.25) is 0 Å². The Bertz CT molecular complexity index is 1120. The van der Waals surface area contributed by atoms with Crippen LogP contribution in [0.15, 0.2) is 53.9 Å². The van der Waals surface area contributed by atoms with Gasteiger partial charge < -0.3 is 15.2 Å². The van der Waals surface area contributed by atoms with E-state index in [1.807, 2.05) is 18.2 Å². The number of thioether (sulfide) groups is 1. The molecular weight excluding hydrogens is 379 g/mol. The molecule has 0 amide bonds. The van der Waals surface area contributed by atoms with Gasteiger partial charge in [-0.25, -0.2) is 9.38 Å². The summed E-state index contributed by atoms with van der Waals surface area (Å²) in [5, 5.41) is 0.451. The number of amidine groups is 1. The van der Waals surface area contributed by atoms with Crippen LogP contribution in [0.1, 0.15) is 11.1 Å². The largest absolute Gasteiger partial charge is 0.497 e. The summed E-state index contributed by atoms with van der Waals surface area (Å²) in [6.07, 6.45) is 4.95. The van der Waals surface area contributed by atoms with Crippen molar-refractivity contribution < 1.29 is 13.9 Å². The third kappa shape index (κ3) is 2.45. The standard InChI is InChI=1S/C20H15FN4O2S/c1-26-12-7-14-18(15(21)8-12)27-17-3-2-11(16-9-23-4-5-24-16)6-13(17)20(14)10-28-19(22)25-20/h2-9H,10H2,1H3,(H2,22,25)/t20-/m0/s1. The SMILES string of the molecule is COc1cc(F)c2c(c1)[C@]1(CSC(N)=N1)c1cc(-c3cnccn3)ccc1O2. The molecule has 3 heterocycles. The second kappa shape index (κ2) is 6.20. The van der Waals surface area contributed by atoms with Crippen LogP contribution in [0.2, 0.25) is 0 Å². The molecule has 1 atom stereocenters. The van der Waals surface area contributed by atoms with E-state index in [1.54, 1.807) is 24.7 Å². The minimum Gasteiger partial charge on any atom is -0.497 e. The Morgan fingerprint density at radius 1 is 1.21 bits per heavy atom. The molecule has 6 nitrogen and oxygen atoms in total. The topological polar surface area (TPSA) is 82.6 Å². The molecule has 1 spiro atoms. The highest BCUT2D eigenvalue weighted by Crippen LogP contribution is 2.54. The number of ether oxygens (including phenoxy) is 2. The van der Waals surface area contributed by atoms with Crippen molar-refractivity contribution in [2.45, 2.75) is 5.54 Å². The molecule has 8 heteroatoms. The average Bonchev–Trinajstić information content (AvgIpc) is 3.11. The molecule has 3 aromatic rings. The monoisotopic (exact) mass is 394 g/mol. The van der Waals surface area contributed by atoms with Gasteiger partial charge in [-0.05, 0) is 24.3 Å². The first-order chi connectivity index (χ1) is 13.6. The van der Waals surface area contributed by atoms with Crippen molar-refractivity contribution in [3.05, 3.63) is 65.9 Å². The Morgan fingerprint density at radius 2 is 2.11 bits per heavy atom. The van der Waals surface area contributed by atoms with E-state index in [0.29, 0.717) is 28.0 Å². The lowest BCUT2D eigenvalue weighted by Gasteiger charge is -2.35. The fourth-order valence-corrected chi connectivity index (χ4v) is 4.56. The zero-order valence-corrected chi connectivity index (χ0v) is 15.7. The maximum Gasteiger partial charge on any atom is 0.169 e. The quantitative estimate of drug-likeness (QED) is 0.714. The summed E-state index contributed by atoms with van der Waals surface area (Å²) in [5.41, 5.74) is 8.18. The maximum absolute atomic E-state index is 14.8. The van der Waals surface area contributed by atoms with E-state index in [0.717, 1.165) is 16.8 Å². The van der Waals surface area contributed by atoms with Crippen LogP contribution in [0.4, 0.5) is 4.39 Å². The summed E-state index contributed by atoms with van der Waals surface area (Å²) < 4.78 is 26.0. The number of hydrogen-bond donors (Lipinski definition) is 1. The molecule has 140 valence electrons. The van der Waals surface area contributed by atoms with Crippen LogP contribution < -0.4 is 15.2 Å². The second-order valence-electron chi connectivity index (χ2n) is 6.49. The number of benzene rings is 2. The minimum atomic E-state index is -0.856. The number of hydrogen-bond acceptors (Lipinski definition) is 7. The lowest BCUT2D eigenvalue weighted by Crippen LogP contribution is -2.30. The molecule has 0 bridgehead atoms. The van der Waals surface area contributed by atoms with E-state index in [9.17, 15) is 4.39 Å². The molecule has 28 heavy (non-hydrogen) atoms. The Morgan fingerprint density at radius 3 is 2.82 bits per heavy atom. The highest BCUT2D eigenvalue weighted by molar-refractivity contribution is 8.14. The molecule has 0 saturated heterocycles. The number of aliphatic imine (C=N–C) groups is 1. The number of methoxy groups -OCH3 is 1. The lowest BCUT2D eigenvalue weighted by atomic mass is 9.81. The molecule has 2 N–H and O–H groups in total. The van der Waals surface area contributed by atoms with E-state index in [1.165, 1.54) is 24.9 Å². The van der Waals surface area contributed by atoms with Gasteiger partial charge in [-0.1, -0.05) is 11.8 Å². The highest BCUT2D eigenvalue weighted by Gasteiger charge is 2.47. The molecule has 5 rings (SSSR count). The molecular formula is C20H15FN4O2S. The van der Waals surface area contributed by atoms with Crippen molar-refractivity contribution in [3.8, 4) is 28.5 Å². The summed E-state index contributed by atoms with van der Waals surface area (Å²) in [6.45, 7) is 0. The van der Waals surface area contributed by atoms with Gasteiger partial charge in [0.05, 0.1) is 19.0 Å². The Kier molecular flexibility index (Phi) is 3.77. The minimum absolute atomic E-state index is 0.152. The van der Waals surface area contributed by atoms with Crippen LogP contribution in [-0.4, -0.2) is 28.0 Å². The molecule has 1 aromatic heterocycles. The molecule has 0 aliphatic carbocycles. The normalized spacial score (nSPS) is 19.6. The number of rotatable bonds is 2. The lowest BCUT2D eigenvalue weighted by molar-refractivity contribution is 0.374. The van der Waals surface area contributed by atoms with Crippen molar-refractivity contribution in [2.24, 2.45) is 10.7 Å². The molecule has 0 saturated carbocycles. The van der Waals surface area contributed by atoms with E-state index in [4.69, 9.17) is 20.2 Å². The first-order valence-electron chi connectivity index (χ1n) is 8.55. The van der Waals surface area contributed by atoms with Crippen LogP contribution in [0.3, 0.4) is 0 Å². The first-order valence-corrected chi connectivity index (χ1v) is 9.54. The van der Waals surface area contributed by atoms with Crippen molar-refractivity contribution in [2.75, 3.05) is 12.9 Å². The van der Waals surface area contributed by atoms with Crippen molar-refractivity contribution in [3.63, 3.8) is 0 Å². The molecule has 0 radical (unpaired) electrons. The number of nitrogens with two attached hydrogens (primary N) is 1. The third-order valence-electron chi connectivity index (χ3n) is 4.92. The second-order valence-corrected chi connectivity index (χ2v) is 7.48. The van der Waals surface area contributed by atoms with Gasteiger partial charge in [-0.2, -0.15) is 0 Å². The van der Waals surface area contributed by atoms with E-state index in [-0.39, 0.29) is 5.75 Å². The van der Waals surface area contributed by atoms with Gasteiger partial charge in [0.15, 0.2) is 16.7 Å². The molecule has 2 aliphatic heterocycles. The van der Waals surface area contributed by atoms with Gasteiger partial charge >= 0.3 is 0 Å². The number of fused-ring (bicyclic) bond motifs is 4. The van der Waals surface area contributed by atoms with E-state index >= 15 is 0 Å². The average molecular weight is 394 g/mol. The Hall–Kier alpha value is -3.13. The fraction of sp³-hybridized carbons (Fsp3) is 0.150. The van der Waals surface area contributed by atoms with Crippen LogP contribution in [-0.2, 0) is 5.54 Å². The van der Waals surface area contributed by atoms with E-state index < -0.39 is 11.4 Å². The summed E-state index contributed by atoms with van der Waals surface area (Å²) >= 11 is 1.43. The predicted octanol–water partition coefficient (Wildman–Crippen LogP) is 3.70. The molecule has 2 aliphatic rings. The summed E-state index contributed by atoms with van der Waals surface area (Å²) in [4.78, 5) is 13.2. The van der Waals surface area contributed by atoms with Gasteiger partial charge in [0, 0.05) is 40.9 Å².